The molecule has 0 aliphatic carbocycles. The van der Waals surface area contributed by atoms with Crippen LogP contribution in [-0.2, 0) is 25.2 Å². The molecule has 1 unspecified atom stereocenters. The Morgan fingerprint density at radius 2 is 1.70 bits per heavy atom. The number of para-hydroxylation sites is 2. The van der Waals surface area contributed by atoms with Crippen molar-refractivity contribution in [3.8, 4) is 5.75 Å². The summed E-state index contributed by atoms with van der Waals surface area (Å²) in [6, 6.07) is 19.0. The highest BCUT2D eigenvalue weighted by molar-refractivity contribution is 7.93. The van der Waals surface area contributed by atoms with Gasteiger partial charge in [-0.05, 0) is 49.5 Å². The van der Waals surface area contributed by atoms with Crippen LogP contribution in [-0.4, -0.2) is 75.5 Å². The predicted octanol–water partition coefficient (Wildman–Crippen LogP) is 5.29. The van der Waals surface area contributed by atoms with Crippen molar-refractivity contribution in [2.24, 2.45) is 0 Å². The molecule has 4 aromatic rings. The maximum Gasteiger partial charge on any atom is 0.411 e. The number of hydrogen-bond donors (Lipinski definition) is 0. The van der Waals surface area contributed by atoms with Gasteiger partial charge in [0.15, 0.2) is 0 Å². The third kappa shape index (κ3) is 5.25. The lowest BCUT2D eigenvalue weighted by Gasteiger charge is -2.32. The average Bonchev–Trinajstić information content (AvgIpc) is 3.28. The van der Waals surface area contributed by atoms with Gasteiger partial charge in [0.1, 0.15) is 10.6 Å². The molecule has 0 bridgehead atoms. The first-order valence-electron chi connectivity index (χ1n) is 14.1. The summed E-state index contributed by atoms with van der Waals surface area (Å²) >= 11 is 6.46. The lowest BCUT2D eigenvalue weighted by Crippen LogP contribution is -2.49. The molecule has 44 heavy (non-hydrogen) atoms. The van der Waals surface area contributed by atoms with E-state index in [1.807, 2.05) is 13.8 Å². The van der Waals surface area contributed by atoms with Crippen molar-refractivity contribution in [1.29, 1.82) is 0 Å². The topological polar surface area (TPSA) is 109 Å². The number of likely N-dealkylation sites (N-methyl/N-ethyl adjacent to an activating group) is 2. The van der Waals surface area contributed by atoms with Gasteiger partial charge in [0.25, 0.3) is 15.9 Å². The molecular formula is C32H33ClN4O6S. The minimum Gasteiger partial charge on any atom is -0.496 e. The molecule has 2 heterocycles. The van der Waals surface area contributed by atoms with Gasteiger partial charge in [-0.25, -0.2) is 13.2 Å². The van der Waals surface area contributed by atoms with E-state index in [-0.39, 0.29) is 38.0 Å². The number of fused-ring (bicyclic) bond motifs is 2. The van der Waals surface area contributed by atoms with E-state index in [0.717, 1.165) is 13.1 Å². The summed E-state index contributed by atoms with van der Waals surface area (Å²) in [6.07, 6.45) is 0.656. The second-order valence-corrected chi connectivity index (χ2v) is 12.5. The highest BCUT2D eigenvalue weighted by Gasteiger charge is 2.60. The molecule has 230 valence electrons. The quantitative estimate of drug-likeness (QED) is 0.231. The number of halogens is 1. The monoisotopic (exact) mass is 636 g/mol. The fraction of sp³-hybridized carbons (Fsp3) is 0.281. The summed E-state index contributed by atoms with van der Waals surface area (Å²) in [4.78, 5) is 36.3. The summed E-state index contributed by atoms with van der Waals surface area (Å²) in [5.74, 6) is -0.797. The zero-order valence-electron chi connectivity index (χ0n) is 24.9. The van der Waals surface area contributed by atoms with Crippen LogP contribution >= 0.6 is 11.6 Å². The first kappa shape index (κ1) is 31.2. The second-order valence-electron chi connectivity index (χ2n) is 10.3. The number of pyridine rings is 1. The molecular weight excluding hydrogens is 604 g/mol. The Morgan fingerprint density at radius 3 is 2.43 bits per heavy atom. The maximum atomic E-state index is 14.9. The minimum absolute atomic E-state index is 0.00293. The smallest absolute Gasteiger partial charge is 0.411 e. The molecule has 1 aliphatic rings. The Kier molecular flexibility index (Phi) is 8.83. The van der Waals surface area contributed by atoms with Gasteiger partial charge in [-0.1, -0.05) is 61.8 Å². The van der Waals surface area contributed by atoms with Crippen molar-refractivity contribution in [3.05, 3.63) is 95.1 Å². The van der Waals surface area contributed by atoms with Gasteiger partial charge < -0.3 is 19.3 Å². The number of carbonyl (C=O) groups excluding carboxylic acids is 2. The highest BCUT2D eigenvalue weighted by Crippen LogP contribution is 2.52. The predicted molar refractivity (Wildman–Crippen MR) is 169 cm³/mol. The van der Waals surface area contributed by atoms with Crippen molar-refractivity contribution in [2.45, 2.75) is 24.3 Å². The van der Waals surface area contributed by atoms with E-state index < -0.39 is 27.6 Å². The van der Waals surface area contributed by atoms with E-state index in [9.17, 15) is 18.0 Å². The van der Waals surface area contributed by atoms with E-state index in [1.54, 1.807) is 55.6 Å². The molecule has 12 heteroatoms. The largest absolute Gasteiger partial charge is 0.496 e. The van der Waals surface area contributed by atoms with Gasteiger partial charge in [-0.2, -0.15) is 4.31 Å². The molecule has 3 aromatic carbocycles. The summed E-state index contributed by atoms with van der Waals surface area (Å²) in [5, 5.41) is 0.793. The molecule has 0 radical (unpaired) electrons. The van der Waals surface area contributed by atoms with Crippen molar-refractivity contribution in [1.82, 2.24) is 14.8 Å². The molecule has 0 N–H and O–H groups in total. The highest BCUT2D eigenvalue weighted by atomic mass is 35.5. The lowest BCUT2D eigenvalue weighted by atomic mass is 9.86. The maximum absolute atomic E-state index is 14.9. The van der Waals surface area contributed by atoms with Crippen LogP contribution < -0.4 is 9.04 Å². The standard InChI is InChI=1S/C32H33ClN4O6S/c1-5-36(6-2)20-19-35(3)31(39)43-32(24-13-7-8-14-27(24)42-4)25-21-23(33)16-17-26(25)37(30(32)38)44(40,41)28-15-9-11-22-12-10-18-34-29(22)28/h7-18,21H,5-6,19-20H2,1-4H3. The molecule has 0 saturated heterocycles. The van der Waals surface area contributed by atoms with E-state index in [4.69, 9.17) is 21.1 Å². The summed E-state index contributed by atoms with van der Waals surface area (Å²) in [6.45, 7) is 6.52. The number of hydrogen-bond acceptors (Lipinski definition) is 8. The second kappa shape index (κ2) is 12.4. The number of anilines is 1. The zero-order chi connectivity index (χ0) is 31.6. The Bertz CT molecular complexity index is 1830. The van der Waals surface area contributed by atoms with Crippen molar-refractivity contribution < 1.29 is 27.5 Å². The molecule has 0 spiro atoms. The van der Waals surface area contributed by atoms with E-state index in [0.29, 0.717) is 22.8 Å². The van der Waals surface area contributed by atoms with Crippen LogP contribution in [0.1, 0.15) is 25.0 Å². The number of carbonyl (C=O) groups is 2. The molecule has 1 aromatic heterocycles. The molecule has 1 aliphatic heterocycles. The fourth-order valence-electron chi connectivity index (χ4n) is 5.44. The van der Waals surface area contributed by atoms with E-state index in [2.05, 4.69) is 9.88 Å². The van der Waals surface area contributed by atoms with Gasteiger partial charge in [0.2, 0.25) is 5.60 Å². The van der Waals surface area contributed by atoms with Gasteiger partial charge in [0, 0.05) is 42.3 Å². The minimum atomic E-state index is -4.60. The number of aromatic nitrogens is 1. The van der Waals surface area contributed by atoms with Crippen LogP contribution in [0.4, 0.5) is 10.5 Å². The first-order chi connectivity index (χ1) is 21.1. The third-order valence-electron chi connectivity index (χ3n) is 7.84. The summed E-state index contributed by atoms with van der Waals surface area (Å²) in [5.41, 5.74) is -1.83. The summed E-state index contributed by atoms with van der Waals surface area (Å²) < 4.78 is 41.5. The van der Waals surface area contributed by atoms with Crippen molar-refractivity contribution in [2.75, 3.05) is 44.6 Å². The first-order valence-corrected chi connectivity index (χ1v) is 15.9. The SMILES string of the molecule is CCN(CC)CCN(C)C(=O)OC1(c2ccccc2OC)C(=O)N(S(=O)(=O)c2cccc3cccnc23)c2ccc(Cl)cc21. The number of sulfonamides is 1. The Balaban J connectivity index is 1.71. The lowest BCUT2D eigenvalue weighted by molar-refractivity contribution is -0.132. The Morgan fingerprint density at radius 1 is 0.977 bits per heavy atom. The number of nitrogens with zero attached hydrogens (tertiary/aromatic N) is 4. The summed E-state index contributed by atoms with van der Waals surface area (Å²) in [7, 11) is -1.62. The van der Waals surface area contributed by atoms with Crippen LogP contribution in [0.2, 0.25) is 5.02 Å². The number of amides is 2. The van der Waals surface area contributed by atoms with Crippen LogP contribution in [0, 0.1) is 0 Å². The molecule has 1 atom stereocenters. The molecule has 0 saturated carbocycles. The molecule has 0 fully saturated rings. The van der Waals surface area contributed by atoms with Crippen LogP contribution in [0.3, 0.4) is 0 Å². The van der Waals surface area contributed by atoms with Gasteiger partial charge in [-0.3, -0.25) is 9.78 Å². The van der Waals surface area contributed by atoms with Gasteiger partial charge in [0.05, 0.1) is 23.9 Å². The zero-order valence-corrected chi connectivity index (χ0v) is 26.4. The average molecular weight is 637 g/mol. The number of ether oxygens (including phenoxy) is 2. The van der Waals surface area contributed by atoms with Crippen LogP contribution in [0.5, 0.6) is 5.75 Å². The number of benzene rings is 3. The van der Waals surface area contributed by atoms with Crippen LogP contribution in [0.25, 0.3) is 10.9 Å². The molecule has 2 amide bonds. The van der Waals surface area contributed by atoms with Crippen molar-refractivity contribution in [3.63, 3.8) is 0 Å². The molecule has 5 rings (SSSR count). The fourth-order valence-corrected chi connectivity index (χ4v) is 7.24. The van der Waals surface area contributed by atoms with E-state index >= 15 is 0 Å². The van der Waals surface area contributed by atoms with Crippen molar-refractivity contribution >= 4 is 50.2 Å². The number of rotatable bonds is 10. The van der Waals surface area contributed by atoms with Crippen LogP contribution in [0.15, 0.2) is 83.9 Å². The Labute approximate surface area is 261 Å². The number of methoxy groups -OCH3 is 1. The third-order valence-corrected chi connectivity index (χ3v) is 9.80. The Hall–Kier alpha value is -4.19. The normalized spacial score (nSPS) is 16.3. The van der Waals surface area contributed by atoms with Gasteiger partial charge >= 0.3 is 6.09 Å². The molecule has 10 nitrogen and oxygen atoms in total. The van der Waals surface area contributed by atoms with Gasteiger partial charge in [-0.15, -0.1) is 0 Å². The van der Waals surface area contributed by atoms with E-state index in [1.165, 1.54) is 42.5 Å².